The van der Waals surface area contributed by atoms with E-state index in [-0.39, 0.29) is 11.9 Å². The van der Waals surface area contributed by atoms with Gasteiger partial charge in [-0.05, 0) is 32.0 Å². The fourth-order valence-electron chi connectivity index (χ4n) is 1.98. The van der Waals surface area contributed by atoms with Crippen LogP contribution in [0.1, 0.15) is 35.3 Å². The molecule has 1 saturated heterocycles. The number of carboxylic acid groups (broad SMARTS) is 1. The van der Waals surface area contributed by atoms with E-state index in [1.807, 2.05) is 0 Å². The summed E-state index contributed by atoms with van der Waals surface area (Å²) in [5.74, 6) is -1.00. The van der Waals surface area contributed by atoms with Gasteiger partial charge in [0.15, 0.2) is 0 Å². The molecule has 1 aliphatic heterocycles. The van der Waals surface area contributed by atoms with Crippen molar-refractivity contribution in [1.29, 1.82) is 0 Å². The molecule has 1 aromatic rings. The number of aromatic nitrogens is 1. The molecule has 7 heteroatoms. The molecular weight excluding hydrogens is 274 g/mol. The van der Waals surface area contributed by atoms with Crippen molar-refractivity contribution in [3.63, 3.8) is 0 Å². The molecule has 0 aliphatic carbocycles. The molecule has 21 heavy (non-hydrogen) atoms. The second-order valence-corrected chi connectivity index (χ2v) is 4.70. The lowest BCUT2D eigenvalue weighted by Gasteiger charge is -2.20. The average molecular weight is 293 g/mol. The number of nitrogens with one attached hydrogen (secondary N) is 1. The van der Waals surface area contributed by atoms with Crippen LogP contribution in [-0.4, -0.2) is 48.3 Å². The molecule has 1 fully saturated rings. The molecule has 0 radical (unpaired) electrons. The van der Waals surface area contributed by atoms with Crippen molar-refractivity contribution in [3.8, 4) is 0 Å². The zero-order chi connectivity index (χ0) is 15.1. The minimum atomic E-state index is -1.00. The van der Waals surface area contributed by atoms with Crippen LogP contribution in [0.4, 0.5) is 0 Å². The fraction of sp³-hybridized carbons (Fsp3) is 0.500. The van der Waals surface area contributed by atoms with Crippen LogP contribution in [0.25, 0.3) is 0 Å². The van der Waals surface area contributed by atoms with Gasteiger partial charge in [-0.2, -0.15) is 0 Å². The highest BCUT2D eigenvalue weighted by Gasteiger charge is 2.16. The Hall–Kier alpha value is -1.99. The Morgan fingerprint density at radius 3 is 3.14 bits per heavy atom. The lowest BCUT2D eigenvalue weighted by atomic mass is 10.2. The summed E-state index contributed by atoms with van der Waals surface area (Å²) in [4.78, 5) is 20.5. The topological polar surface area (TPSA) is 93.0 Å². The zero-order valence-corrected chi connectivity index (χ0v) is 11.9. The Morgan fingerprint density at radius 2 is 2.48 bits per heavy atom. The SMILES string of the molecule is CNC/C(=N\OC1CCCCO1)c1cc(C(=O)O)ccn1. The minimum Gasteiger partial charge on any atom is -0.478 e. The van der Waals surface area contributed by atoms with E-state index in [0.717, 1.165) is 19.3 Å². The summed E-state index contributed by atoms with van der Waals surface area (Å²) < 4.78 is 5.44. The van der Waals surface area contributed by atoms with Crippen LogP contribution in [0.15, 0.2) is 23.5 Å². The highest BCUT2D eigenvalue weighted by molar-refractivity contribution is 6.01. The molecule has 0 bridgehead atoms. The third-order valence-corrected chi connectivity index (χ3v) is 3.07. The van der Waals surface area contributed by atoms with E-state index in [9.17, 15) is 4.79 Å². The van der Waals surface area contributed by atoms with Crippen molar-refractivity contribution in [2.75, 3.05) is 20.2 Å². The van der Waals surface area contributed by atoms with E-state index in [1.165, 1.54) is 18.3 Å². The number of carbonyl (C=O) groups is 1. The Kier molecular flexibility index (Phi) is 5.65. The quantitative estimate of drug-likeness (QED) is 0.605. The van der Waals surface area contributed by atoms with Crippen LogP contribution in [0.2, 0.25) is 0 Å². The van der Waals surface area contributed by atoms with Gasteiger partial charge in [-0.25, -0.2) is 4.79 Å². The molecule has 0 spiro atoms. The number of hydrogen-bond acceptors (Lipinski definition) is 6. The predicted molar refractivity (Wildman–Crippen MR) is 76.3 cm³/mol. The van der Waals surface area contributed by atoms with E-state index >= 15 is 0 Å². The van der Waals surface area contributed by atoms with Gasteiger partial charge >= 0.3 is 5.97 Å². The predicted octanol–water partition coefficient (Wildman–Crippen LogP) is 1.25. The maximum Gasteiger partial charge on any atom is 0.335 e. The van der Waals surface area contributed by atoms with Crippen molar-refractivity contribution in [3.05, 3.63) is 29.6 Å². The standard InChI is InChI=1S/C14H19N3O4/c1-15-9-12(17-21-13-4-2-3-7-20-13)11-8-10(14(18)19)5-6-16-11/h5-6,8,13,15H,2-4,7,9H2,1H3,(H,18,19)/b17-12+. The smallest absolute Gasteiger partial charge is 0.335 e. The summed E-state index contributed by atoms with van der Waals surface area (Å²) in [6.07, 6.45) is 4.00. The van der Waals surface area contributed by atoms with Crippen LogP contribution in [0.5, 0.6) is 0 Å². The van der Waals surface area contributed by atoms with Crippen molar-refractivity contribution in [1.82, 2.24) is 10.3 Å². The van der Waals surface area contributed by atoms with Gasteiger partial charge in [0, 0.05) is 19.2 Å². The third-order valence-electron chi connectivity index (χ3n) is 3.07. The van der Waals surface area contributed by atoms with Gasteiger partial charge in [-0.15, -0.1) is 0 Å². The molecule has 1 aliphatic rings. The number of ether oxygens (including phenoxy) is 1. The van der Waals surface area contributed by atoms with Gasteiger partial charge < -0.3 is 20.0 Å². The average Bonchev–Trinajstić information content (AvgIpc) is 2.52. The summed E-state index contributed by atoms with van der Waals surface area (Å²) in [5, 5.41) is 16.1. The largest absolute Gasteiger partial charge is 0.478 e. The second-order valence-electron chi connectivity index (χ2n) is 4.70. The fourth-order valence-corrected chi connectivity index (χ4v) is 1.98. The van der Waals surface area contributed by atoms with Crippen molar-refractivity contribution in [2.45, 2.75) is 25.6 Å². The van der Waals surface area contributed by atoms with Gasteiger partial charge in [0.1, 0.15) is 5.71 Å². The first-order valence-electron chi connectivity index (χ1n) is 6.89. The van der Waals surface area contributed by atoms with Gasteiger partial charge in [0.2, 0.25) is 6.29 Å². The lowest BCUT2D eigenvalue weighted by molar-refractivity contribution is -0.162. The van der Waals surface area contributed by atoms with Crippen LogP contribution in [0, 0.1) is 0 Å². The van der Waals surface area contributed by atoms with E-state index in [4.69, 9.17) is 14.7 Å². The third kappa shape index (κ3) is 4.51. The number of oxime groups is 1. The van der Waals surface area contributed by atoms with Gasteiger partial charge in [0.05, 0.1) is 17.9 Å². The molecule has 7 nitrogen and oxygen atoms in total. The van der Waals surface area contributed by atoms with E-state index in [2.05, 4.69) is 15.5 Å². The highest BCUT2D eigenvalue weighted by Crippen LogP contribution is 2.14. The van der Waals surface area contributed by atoms with Crippen LogP contribution < -0.4 is 5.32 Å². The molecule has 0 aromatic carbocycles. The highest BCUT2D eigenvalue weighted by atomic mass is 16.8. The molecule has 2 heterocycles. The Balaban J connectivity index is 2.13. The van der Waals surface area contributed by atoms with Gasteiger partial charge in [0.25, 0.3) is 0 Å². The first-order valence-corrected chi connectivity index (χ1v) is 6.89. The van der Waals surface area contributed by atoms with Gasteiger partial charge in [-0.3, -0.25) is 4.98 Å². The minimum absolute atomic E-state index is 0.165. The number of nitrogens with zero attached hydrogens (tertiary/aromatic N) is 2. The number of carboxylic acids is 1. The molecule has 2 N–H and O–H groups in total. The molecule has 1 atom stereocenters. The molecule has 1 aromatic heterocycles. The molecule has 114 valence electrons. The number of hydrogen-bond donors (Lipinski definition) is 2. The maximum absolute atomic E-state index is 11.0. The van der Waals surface area contributed by atoms with Crippen molar-refractivity contribution < 1.29 is 19.5 Å². The van der Waals surface area contributed by atoms with Crippen LogP contribution in [-0.2, 0) is 9.57 Å². The van der Waals surface area contributed by atoms with Crippen molar-refractivity contribution in [2.24, 2.45) is 5.16 Å². The second kappa shape index (κ2) is 7.70. The Labute approximate surface area is 123 Å². The first-order chi connectivity index (χ1) is 10.2. The Morgan fingerprint density at radius 1 is 1.62 bits per heavy atom. The molecule has 1 unspecified atom stereocenters. The molecule has 0 amide bonds. The van der Waals surface area contributed by atoms with Crippen molar-refractivity contribution >= 4 is 11.7 Å². The zero-order valence-electron chi connectivity index (χ0n) is 11.9. The summed E-state index contributed by atoms with van der Waals surface area (Å²) in [6.45, 7) is 1.09. The number of aromatic carboxylic acids is 1. The summed E-state index contributed by atoms with van der Waals surface area (Å²) in [6, 6.07) is 2.91. The molecule has 2 rings (SSSR count). The lowest BCUT2D eigenvalue weighted by Crippen LogP contribution is -2.24. The van der Waals surface area contributed by atoms with E-state index in [1.54, 1.807) is 7.05 Å². The number of likely N-dealkylation sites (N-methyl/N-ethyl adjacent to an activating group) is 1. The summed E-state index contributed by atoms with van der Waals surface area (Å²) in [7, 11) is 1.77. The normalized spacial score (nSPS) is 19.3. The number of rotatable bonds is 6. The summed E-state index contributed by atoms with van der Waals surface area (Å²) in [5.41, 5.74) is 1.17. The first kappa shape index (κ1) is 15.4. The van der Waals surface area contributed by atoms with Crippen LogP contribution >= 0.6 is 0 Å². The maximum atomic E-state index is 11.0. The van der Waals surface area contributed by atoms with E-state index < -0.39 is 5.97 Å². The van der Waals surface area contributed by atoms with E-state index in [0.29, 0.717) is 24.6 Å². The summed E-state index contributed by atoms with van der Waals surface area (Å²) >= 11 is 0. The van der Waals surface area contributed by atoms with Crippen LogP contribution in [0.3, 0.4) is 0 Å². The molecule has 0 saturated carbocycles. The Bertz CT molecular complexity index is 513. The molecular formula is C14H19N3O4. The number of pyridine rings is 1. The van der Waals surface area contributed by atoms with Gasteiger partial charge in [-0.1, -0.05) is 5.16 Å². The monoisotopic (exact) mass is 293 g/mol.